The van der Waals surface area contributed by atoms with Crippen LogP contribution in [0.3, 0.4) is 0 Å². The lowest BCUT2D eigenvalue weighted by molar-refractivity contribution is -0.151. The van der Waals surface area contributed by atoms with E-state index in [1.165, 1.54) is 0 Å². The SMILES string of the molecule is CC(CO)CNC(C)(C)C(C)(C)C(=O)O. The first-order valence-corrected chi connectivity index (χ1v) is 5.24. The molecular formula is C11H23NO3. The van der Waals surface area contributed by atoms with Crippen molar-refractivity contribution in [3.8, 4) is 0 Å². The third kappa shape index (κ3) is 3.47. The van der Waals surface area contributed by atoms with E-state index in [1.54, 1.807) is 13.8 Å². The quantitative estimate of drug-likeness (QED) is 0.623. The van der Waals surface area contributed by atoms with Crippen molar-refractivity contribution in [2.75, 3.05) is 13.2 Å². The maximum atomic E-state index is 11.1. The van der Waals surface area contributed by atoms with E-state index >= 15 is 0 Å². The molecule has 0 rings (SSSR count). The Morgan fingerprint density at radius 1 is 1.33 bits per heavy atom. The fraction of sp³-hybridized carbons (Fsp3) is 0.909. The molecule has 0 spiro atoms. The van der Waals surface area contributed by atoms with Crippen LogP contribution in [0.1, 0.15) is 34.6 Å². The Bertz CT molecular complexity index is 224. The van der Waals surface area contributed by atoms with Crippen LogP contribution in [0, 0.1) is 11.3 Å². The van der Waals surface area contributed by atoms with Crippen molar-refractivity contribution in [3.05, 3.63) is 0 Å². The van der Waals surface area contributed by atoms with Gasteiger partial charge in [-0.15, -0.1) is 0 Å². The first-order chi connectivity index (χ1) is 6.65. The third-order valence-corrected chi connectivity index (χ3v) is 3.30. The van der Waals surface area contributed by atoms with E-state index in [0.29, 0.717) is 6.54 Å². The lowest BCUT2D eigenvalue weighted by Gasteiger charge is -2.39. The topological polar surface area (TPSA) is 69.6 Å². The molecule has 0 aromatic heterocycles. The molecule has 4 nitrogen and oxygen atoms in total. The highest BCUT2D eigenvalue weighted by Gasteiger charge is 2.43. The fourth-order valence-electron chi connectivity index (χ4n) is 0.982. The Labute approximate surface area is 91.7 Å². The fourth-order valence-corrected chi connectivity index (χ4v) is 0.982. The van der Waals surface area contributed by atoms with Crippen LogP contribution < -0.4 is 5.32 Å². The molecule has 1 unspecified atom stereocenters. The Kier molecular flexibility index (Phi) is 4.74. The van der Waals surface area contributed by atoms with Crippen LogP contribution in [0.5, 0.6) is 0 Å². The summed E-state index contributed by atoms with van der Waals surface area (Å²) in [4.78, 5) is 11.1. The van der Waals surface area contributed by atoms with Crippen molar-refractivity contribution >= 4 is 5.97 Å². The van der Waals surface area contributed by atoms with Crippen molar-refractivity contribution in [2.24, 2.45) is 11.3 Å². The van der Waals surface area contributed by atoms with Gasteiger partial charge in [0, 0.05) is 18.7 Å². The van der Waals surface area contributed by atoms with E-state index < -0.39 is 16.9 Å². The van der Waals surface area contributed by atoms with E-state index in [-0.39, 0.29) is 12.5 Å². The van der Waals surface area contributed by atoms with Crippen LogP contribution in [0.25, 0.3) is 0 Å². The minimum absolute atomic E-state index is 0.108. The van der Waals surface area contributed by atoms with Crippen molar-refractivity contribution in [1.29, 1.82) is 0 Å². The summed E-state index contributed by atoms with van der Waals surface area (Å²) in [6.07, 6.45) is 0. The van der Waals surface area contributed by atoms with Crippen LogP contribution in [-0.4, -0.2) is 34.9 Å². The van der Waals surface area contributed by atoms with E-state index in [0.717, 1.165) is 0 Å². The van der Waals surface area contributed by atoms with Gasteiger partial charge in [0.15, 0.2) is 0 Å². The normalized spacial score (nSPS) is 15.1. The maximum absolute atomic E-state index is 11.1. The molecule has 0 saturated carbocycles. The van der Waals surface area contributed by atoms with Gasteiger partial charge in [-0.25, -0.2) is 0 Å². The molecule has 0 radical (unpaired) electrons. The van der Waals surface area contributed by atoms with Crippen molar-refractivity contribution < 1.29 is 15.0 Å². The molecule has 0 aliphatic carbocycles. The summed E-state index contributed by atoms with van der Waals surface area (Å²) in [5.74, 6) is -0.689. The van der Waals surface area contributed by atoms with Crippen molar-refractivity contribution in [1.82, 2.24) is 5.32 Å². The van der Waals surface area contributed by atoms with Gasteiger partial charge < -0.3 is 15.5 Å². The molecule has 0 aliphatic rings. The number of hydrogen-bond acceptors (Lipinski definition) is 3. The van der Waals surface area contributed by atoms with Gasteiger partial charge in [-0.3, -0.25) is 4.79 Å². The summed E-state index contributed by atoms with van der Waals surface area (Å²) < 4.78 is 0. The molecule has 90 valence electrons. The monoisotopic (exact) mass is 217 g/mol. The minimum Gasteiger partial charge on any atom is -0.481 e. The minimum atomic E-state index is -0.845. The summed E-state index contributed by atoms with van der Waals surface area (Å²) in [6.45, 7) is 9.77. The lowest BCUT2D eigenvalue weighted by atomic mass is 9.74. The predicted octanol–water partition coefficient (Wildman–Crippen LogP) is 1.09. The van der Waals surface area contributed by atoms with Crippen LogP contribution in [0.15, 0.2) is 0 Å². The Balaban J connectivity index is 4.47. The Hall–Kier alpha value is -0.610. The molecule has 4 heteroatoms. The number of carbonyl (C=O) groups is 1. The molecule has 0 heterocycles. The molecule has 3 N–H and O–H groups in total. The zero-order valence-corrected chi connectivity index (χ0v) is 10.3. The van der Waals surface area contributed by atoms with Crippen LogP contribution >= 0.6 is 0 Å². The second-order valence-corrected chi connectivity index (χ2v) is 5.22. The molecule has 0 bridgehead atoms. The summed E-state index contributed by atoms with van der Waals surface area (Å²) in [5, 5.41) is 21.2. The van der Waals surface area contributed by atoms with Gasteiger partial charge in [0.25, 0.3) is 0 Å². The second kappa shape index (κ2) is 4.94. The molecule has 0 amide bonds. The van der Waals surface area contributed by atoms with Crippen LogP contribution in [0.4, 0.5) is 0 Å². The van der Waals surface area contributed by atoms with E-state index in [1.807, 2.05) is 20.8 Å². The van der Waals surface area contributed by atoms with E-state index in [9.17, 15) is 4.79 Å². The average Bonchev–Trinajstić information content (AvgIpc) is 2.13. The van der Waals surface area contributed by atoms with Gasteiger partial charge in [-0.1, -0.05) is 6.92 Å². The number of nitrogens with one attached hydrogen (secondary N) is 1. The van der Waals surface area contributed by atoms with Crippen molar-refractivity contribution in [2.45, 2.75) is 40.2 Å². The van der Waals surface area contributed by atoms with Crippen LogP contribution in [0.2, 0.25) is 0 Å². The van der Waals surface area contributed by atoms with Gasteiger partial charge >= 0.3 is 5.97 Å². The standard InChI is InChI=1S/C11H23NO3/c1-8(7-13)6-12-11(4,5)10(2,3)9(14)15/h8,12-13H,6-7H2,1-5H3,(H,14,15). The number of carboxylic acid groups (broad SMARTS) is 1. The molecule has 15 heavy (non-hydrogen) atoms. The summed E-state index contributed by atoms with van der Waals surface area (Å²) >= 11 is 0. The third-order valence-electron chi connectivity index (χ3n) is 3.30. The van der Waals surface area contributed by atoms with Gasteiger partial charge in [0.05, 0.1) is 5.41 Å². The van der Waals surface area contributed by atoms with Gasteiger partial charge in [0.2, 0.25) is 0 Å². The highest BCUT2D eigenvalue weighted by molar-refractivity contribution is 5.75. The molecule has 0 fully saturated rings. The number of rotatable bonds is 6. The van der Waals surface area contributed by atoms with Gasteiger partial charge in [0.1, 0.15) is 0 Å². The molecule has 0 aliphatic heterocycles. The van der Waals surface area contributed by atoms with E-state index in [2.05, 4.69) is 5.32 Å². The maximum Gasteiger partial charge on any atom is 0.310 e. The molecule has 0 aromatic carbocycles. The van der Waals surface area contributed by atoms with Crippen molar-refractivity contribution in [3.63, 3.8) is 0 Å². The van der Waals surface area contributed by atoms with Crippen LogP contribution in [-0.2, 0) is 4.79 Å². The Morgan fingerprint density at radius 3 is 2.13 bits per heavy atom. The zero-order chi connectivity index (χ0) is 12.3. The molecule has 1 atom stereocenters. The second-order valence-electron chi connectivity index (χ2n) is 5.22. The molecule has 0 aromatic rings. The first-order valence-electron chi connectivity index (χ1n) is 5.24. The number of aliphatic hydroxyl groups is 1. The lowest BCUT2D eigenvalue weighted by Crippen LogP contribution is -2.56. The smallest absolute Gasteiger partial charge is 0.310 e. The highest BCUT2D eigenvalue weighted by Crippen LogP contribution is 2.30. The Morgan fingerprint density at radius 2 is 1.80 bits per heavy atom. The van der Waals surface area contributed by atoms with Gasteiger partial charge in [-0.05, 0) is 33.6 Å². The molecule has 0 saturated heterocycles. The van der Waals surface area contributed by atoms with E-state index in [4.69, 9.17) is 10.2 Å². The average molecular weight is 217 g/mol. The summed E-state index contributed by atoms with van der Waals surface area (Å²) in [5.41, 5.74) is -1.36. The number of aliphatic hydroxyl groups excluding tert-OH is 1. The number of aliphatic carboxylic acids is 1. The number of carboxylic acids is 1. The first kappa shape index (κ1) is 14.4. The largest absolute Gasteiger partial charge is 0.481 e. The summed E-state index contributed by atoms with van der Waals surface area (Å²) in [7, 11) is 0. The zero-order valence-electron chi connectivity index (χ0n) is 10.3. The highest BCUT2D eigenvalue weighted by atomic mass is 16.4. The summed E-state index contributed by atoms with van der Waals surface area (Å²) in [6, 6.07) is 0. The predicted molar refractivity (Wildman–Crippen MR) is 59.7 cm³/mol. The number of hydrogen-bond donors (Lipinski definition) is 3. The molecular weight excluding hydrogens is 194 g/mol. The van der Waals surface area contributed by atoms with Gasteiger partial charge in [-0.2, -0.15) is 0 Å².